The van der Waals surface area contributed by atoms with E-state index in [9.17, 15) is 4.79 Å². The van der Waals surface area contributed by atoms with Crippen LogP contribution in [0.25, 0.3) is 0 Å². The summed E-state index contributed by atoms with van der Waals surface area (Å²) in [6, 6.07) is 7.36. The molecule has 0 bridgehead atoms. The molecule has 1 saturated heterocycles. The van der Waals surface area contributed by atoms with Crippen LogP contribution in [-0.2, 0) is 0 Å². The summed E-state index contributed by atoms with van der Waals surface area (Å²) in [6.45, 7) is 1.75. The number of Topliss-reactive ketones (excluding diaryl/α,β-unsaturated/α-hetero) is 1. The van der Waals surface area contributed by atoms with Gasteiger partial charge in [-0.05, 0) is 25.1 Å². The van der Waals surface area contributed by atoms with Gasteiger partial charge in [0.05, 0.1) is 7.11 Å². The Balaban J connectivity index is 2.17. The van der Waals surface area contributed by atoms with E-state index in [1.807, 2.05) is 18.2 Å². The Bertz CT molecular complexity index is 356. The van der Waals surface area contributed by atoms with Crippen LogP contribution in [0.1, 0.15) is 16.8 Å². The van der Waals surface area contributed by atoms with Crippen LogP contribution < -0.4 is 10.1 Å². The van der Waals surface area contributed by atoms with Crippen molar-refractivity contribution in [1.29, 1.82) is 0 Å². The summed E-state index contributed by atoms with van der Waals surface area (Å²) in [5.74, 6) is 1.10. The van der Waals surface area contributed by atoms with Crippen molar-refractivity contribution in [2.75, 3.05) is 20.2 Å². The third-order valence-corrected chi connectivity index (χ3v) is 2.79. The maximum atomic E-state index is 12.0. The van der Waals surface area contributed by atoms with Gasteiger partial charge in [0.2, 0.25) is 0 Å². The molecule has 0 radical (unpaired) electrons. The number of ether oxygens (including phenoxy) is 1. The van der Waals surface area contributed by atoms with Gasteiger partial charge >= 0.3 is 0 Å². The molecule has 15 heavy (non-hydrogen) atoms. The Kier molecular flexibility index (Phi) is 3.02. The zero-order valence-electron chi connectivity index (χ0n) is 8.82. The second kappa shape index (κ2) is 4.45. The zero-order valence-corrected chi connectivity index (χ0v) is 8.82. The van der Waals surface area contributed by atoms with Crippen LogP contribution in [0.3, 0.4) is 0 Å². The first kappa shape index (κ1) is 10.2. The lowest BCUT2D eigenvalue weighted by molar-refractivity contribution is 0.0930. The van der Waals surface area contributed by atoms with E-state index in [0.29, 0.717) is 0 Å². The van der Waals surface area contributed by atoms with E-state index in [2.05, 4.69) is 5.32 Å². The van der Waals surface area contributed by atoms with Crippen molar-refractivity contribution in [2.45, 2.75) is 6.42 Å². The van der Waals surface area contributed by atoms with E-state index in [0.717, 1.165) is 30.8 Å². The minimum absolute atomic E-state index is 0.136. The van der Waals surface area contributed by atoms with Gasteiger partial charge in [0.1, 0.15) is 5.75 Å². The van der Waals surface area contributed by atoms with Crippen molar-refractivity contribution in [3.05, 3.63) is 29.8 Å². The van der Waals surface area contributed by atoms with Crippen molar-refractivity contribution >= 4 is 5.78 Å². The third kappa shape index (κ3) is 2.18. The van der Waals surface area contributed by atoms with Crippen molar-refractivity contribution < 1.29 is 9.53 Å². The summed E-state index contributed by atoms with van der Waals surface area (Å²) in [5, 5.41) is 3.20. The highest BCUT2D eigenvalue weighted by molar-refractivity contribution is 5.98. The summed E-state index contributed by atoms with van der Waals surface area (Å²) in [7, 11) is 1.61. The first-order valence-electron chi connectivity index (χ1n) is 5.20. The maximum absolute atomic E-state index is 12.0. The van der Waals surface area contributed by atoms with Crippen molar-refractivity contribution in [2.24, 2.45) is 5.92 Å². The van der Waals surface area contributed by atoms with E-state index < -0.39 is 0 Å². The standard InChI is InChI=1S/C12H15NO2/c1-15-11-4-2-3-9(7-11)12(14)10-5-6-13-8-10/h2-4,7,10,13H,5-6,8H2,1H3. The molecule has 1 aromatic carbocycles. The quantitative estimate of drug-likeness (QED) is 0.760. The molecule has 0 aliphatic carbocycles. The monoisotopic (exact) mass is 205 g/mol. The lowest BCUT2D eigenvalue weighted by Crippen LogP contribution is -2.17. The van der Waals surface area contributed by atoms with Crippen LogP contribution >= 0.6 is 0 Å². The largest absolute Gasteiger partial charge is 0.497 e. The summed E-state index contributed by atoms with van der Waals surface area (Å²) in [5.41, 5.74) is 0.753. The van der Waals surface area contributed by atoms with E-state index in [1.54, 1.807) is 13.2 Å². The molecule has 1 N–H and O–H groups in total. The van der Waals surface area contributed by atoms with Gasteiger partial charge < -0.3 is 10.1 Å². The van der Waals surface area contributed by atoms with Gasteiger partial charge in [-0.3, -0.25) is 4.79 Å². The van der Waals surface area contributed by atoms with Gasteiger partial charge in [-0.15, -0.1) is 0 Å². The highest BCUT2D eigenvalue weighted by Gasteiger charge is 2.23. The molecule has 0 spiro atoms. The lowest BCUT2D eigenvalue weighted by atomic mass is 9.97. The molecule has 0 amide bonds. The Morgan fingerprint density at radius 1 is 1.53 bits per heavy atom. The molecule has 1 atom stereocenters. The minimum Gasteiger partial charge on any atom is -0.497 e. The minimum atomic E-state index is 0.136. The smallest absolute Gasteiger partial charge is 0.167 e. The normalized spacial score (nSPS) is 20.2. The number of nitrogens with one attached hydrogen (secondary N) is 1. The molecular formula is C12H15NO2. The Morgan fingerprint density at radius 2 is 2.40 bits per heavy atom. The number of hydrogen-bond acceptors (Lipinski definition) is 3. The number of hydrogen-bond donors (Lipinski definition) is 1. The molecule has 1 fully saturated rings. The first-order chi connectivity index (χ1) is 7.31. The molecule has 3 heteroatoms. The van der Waals surface area contributed by atoms with Gasteiger partial charge in [-0.1, -0.05) is 12.1 Å². The number of rotatable bonds is 3. The third-order valence-electron chi connectivity index (χ3n) is 2.79. The average Bonchev–Trinajstić information content (AvgIpc) is 2.81. The summed E-state index contributed by atoms with van der Waals surface area (Å²) in [4.78, 5) is 12.0. The fourth-order valence-corrected chi connectivity index (χ4v) is 1.89. The topological polar surface area (TPSA) is 38.3 Å². The Morgan fingerprint density at radius 3 is 3.07 bits per heavy atom. The van der Waals surface area contributed by atoms with Crippen LogP contribution in [0.5, 0.6) is 5.75 Å². The summed E-state index contributed by atoms with van der Waals surface area (Å²) < 4.78 is 5.10. The molecule has 0 saturated carbocycles. The number of benzene rings is 1. The van der Waals surface area contributed by atoms with Crippen molar-refractivity contribution in [3.8, 4) is 5.75 Å². The van der Waals surface area contributed by atoms with E-state index in [1.165, 1.54) is 0 Å². The molecule has 1 unspecified atom stereocenters. The van der Waals surface area contributed by atoms with Crippen molar-refractivity contribution in [1.82, 2.24) is 5.32 Å². The van der Waals surface area contributed by atoms with Crippen LogP contribution in [-0.4, -0.2) is 26.0 Å². The lowest BCUT2D eigenvalue weighted by Gasteiger charge is -2.08. The van der Waals surface area contributed by atoms with Gasteiger partial charge in [0.25, 0.3) is 0 Å². The molecule has 1 aliphatic heterocycles. The number of carbonyl (C=O) groups is 1. The predicted molar refractivity (Wildman–Crippen MR) is 58.3 cm³/mol. The zero-order chi connectivity index (χ0) is 10.7. The van der Waals surface area contributed by atoms with Crippen molar-refractivity contribution in [3.63, 3.8) is 0 Å². The highest BCUT2D eigenvalue weighted by Crippen LogP contribution is 2.19. The Labute approximate surface area is 89.4 Å². The SMILES string of the molecule is COc1cccc(C(=O)C2CCNC2)c1. The molecule has 1 aromatic rings. The number of carbonyl (C=O) groups excluding carboxylic acids is 1. The van der Waals surface area contributed by atoms with Gasteiger partial charge in [-0.2, -0.15) is 0 Å². The molecular weight excluding hydrogens is 190 g/mol. The average molecular weight is 205 g/mol. The van der Waals surface area contributed by atoms with Crippen LogP contribution in [0.15, 0.2) is 24.3 Å². The molecule has 80 valence electrons. The second-order valence-corrected chi connectivity index (χ2v) is 3.79. The number of ketones is 1. The first-order valence-corrected chi connectivity index (χ1v) is 5.20. The van der Waals surface area contributed by atoms with E-state index >= 15 is 0 Å². The maximum Gasteiger partial charge on any atom is 0.167 e. The molecule has 1 aliphatic rings. The molecule has 0 aromatic heterocycles. The van der Waals surface area contributed by atoms with Gasteiger partial charge in [0.15, 0.2) is 5.78 Å². The Hall–Kier alpha value is -1.35. The summed E-state index contributed by atoms with van der Waals surface area (Å²) in [6.07, 6.45) is 0.941. The van der Waals surface area contributed by atoms with Crippen LogP contribution in [0.2, 0.25) is 0 Å². The van der Waals surface area contributed by atoms with E-state index in [-0.39, 0.29) is 11.7 Å². The highest BCUT2D eigenvalue weighted by atomic mass is 16.5. The van der Waals surface area contributed by atoms with Crippen LogP contribution in [0, 0.1) is 5.92 Å². The predicted octanol–water partition coefficient (Wildman–Crippen LogP) is 1.49. The fraction of sp³-hybridized carbons (Fsp3) is 0.417. The molecule has 3 nitrogen and oxygen atoms in total. The summed E-state index contributed by atoms with van der Waals surface area (Å²) >= 11 is 0. The fourth-order valence-electron chi connectivity index (χ4n) is 1.89. The van der Waals surface area contributed by atoms with Crippen LogP contribution in [0.4, 0.5) is 0 Å². The van der Waals surface area contributed by atoms with E-state index in [4.69, 9.17) is 4.74 Å². The second-order valence-electron chi connectivity index (χ2n) is 3.79. The molecule has 2 rings (SSSR count). The molecule has 1 heterocycles. The number of methoxy groups -OCH3 is 1. The van der Waals surface area contributed by atoms with Gasteiger partial charge in [-0.25, -0.2) is 0 Å². The van der Waals surface area contributed by atoms with Gasteiger partial charge in [0, 0.05) is 18.0 Å².